The maximum atomic E-state index is 12.2. The van der Waals surface area contributed by atoms with Crippen LogP contribution in [0.15, 0.2) is 48.5 Å². The summed E-state index contributed by atoms with van der Waals surface area (Å²) in [4.78, 5) is 24.2. The van der Waals surface area contributed by atoms with E-state index in [1.807, 2.05) is 32.0 Å². The molecule has 0 aliphatic carbocycles. The zero-order valence-electron chi connectivity index (χ0n) is 13.1. The summed E-state index contributed by atoms with van der Waals surface area (Å²) in [6.07, 6.45) is 0. The maximum absolute atomic E-state index is 12.2. The van der Waals surface area contributed by atoms with Crippen LogP contribution in [0.4, 0.5) is 0 Å². The van der Waals surface area contributed by atoms with E-state index in [0.29, 0.717) is 22.7 Å². The van der Waals surface area contributed by atoms with E-state index < -0.39 is 0 Å². The summed E-state index contributed by atoms with van der Waals surface area (Å²) in [5, 5.41) is 6.22. The number of benzene rings is 2. The molecule has 0 aliphatic heterocycles. The van der Waals surface area contributed by atoms with Gasteiger partial charge in [-0.05, 0) is 43.7 Å². The van der Waals surface area contributed by atoms with E-state index in [9.17, 15) is 9.59 Å². The number of halogens is 1. The number of hydrogen-bond donors (Lipinski definition) is 2. The average molecular weight is 331 g/mol. The van der Waals surface area contributed by atoms with E-state index in [2.05, 4.69) is 10.6 Å². The number of carbonyl (C=O) groups excluding carboxylic acids is 2. The second kappa shape index (κ2) is 7.79. The van der Waals surface area contributed by atoms with E-state index in [-0.39, 0.29) is 17.9 Å². The molecular weight excluding hydrogens is 312 g/mol. The van der Waals surface area contributed by atoms with Crippen LogP contribution in [0.2, 0.25) is 5.02 Å². The van der Waals surface area contributed by atoms with Gasteiger partial charge in [-0.1, -0.05) is 35.9 Å². The molecule has 2 aromatic rings. The van der Waals surface area contributed by atoms with Crippen LogP contribution in [0.25, 0.3) is 0 Å². The molecule has 0 saturated carbocycles. The summed E-state index contributed by atoms with van der Waals surface area (Å²) in [6.45, 7) is 4.11. The predicted molar refractivity (Wildman–Crippen MR) is 91.7 cm³/mol. The van der Waals surface area contributed by atoms with Crippen LogP contribution in [-0.4, -0.2) is 17.9 Å². The quantitative estimate of drug-likeness (QED) is 0.882. The third-order valence-electron chi connectivity index (χ3n) is 3.20. The van der Waals surface area contributed by atoms with Crippen molar-refractivity contribution in [1.82, 2.24) is 10.6 Å². The summed E-state index contributed by atoms with van der Waals surface area (Å²) in [5.74, 6) is -0.440. The Morgan fingerprint density at radius 2 is 1.65 bits per heavy atom. The van der Waals surface area contributed by atoms with Crippen LogP contribution < -0.4 is 10.6 Å². The van der Waals surface area contributed by atoms with E-state index in [0.717, 1.165) is 5.56 Å². The molecule has 0 saturated heterocycles. The molecule has 0 radical (unpaired) electrons. The molecule has 0 atom stereocenters. The van der Waals surface area contributed by atoms with Crippen LogP contribution in [-0.2, 0) is 6.54 Å². The lowest BCUT2D eigenvalue weighted by Gasteiger charge is -2.10. The fourth-order valence-electron chi connectivity index (χ4n) is 2.07. The van der Waals surface area contributed by atoms with E-state index in [4.69, 9.17) is 11.6 Å². The smallest absolute Gasteiger partial charge is 0.251 e. The number of amides is 2. The highest BCUT2D eigenvalue weighted by molar-refractivity contribution is 6.31. The number of carbonyl (C=O) groups is 2. The highest BCUT2D eigenvalue weighted by Gasteiger charge is 2.11. The minimum Gasteiger partial charge on any atom is -0.350 e. The van der Waals surface area contributed by atoms with Gasteiger partial charge in [0, 0.05) is 28.7 Å². The molecule has 0 unspecified atom stereocenters. The van der Waals surface area contributed by atoms with Gasteiger partial charge in [-0.25, -0.2) is 0 Å². The molecule has 5 heteroatoms. The van der Waals surface area contributed by atoms with E-state index >= 15 is 0 Å². The van der Waals surface area contributed by atoms with Gasteiger partial charge in [0.25, 0.3) is 11.8 Å². The molecular formula is C18H19ClN2O2. The van der Waals surface area contributed by atoms with Crippen molar-refractivity contribution in [3.8, 4) is 0 Å². The van der Waals surface area contributed by atoms with Crippen LogP contribution in [0.3, 0.4) is 0 Å². The first kappa shape index (κ1) is 17.0. The molecule has 0 fully saturated rings. The maximum Gasteiger partial charge on any atom is 0.251 e. The SMILES string of the molecule is CC(C)NC(=O)c1cccc(C(=O)NCc2ccccc2Cl)c1. The lowest BCUT2D eigenvalue weighted by Crippen LogP contribution is -2.30. The van der Waals surface area contributed by atoms with Gasteiger partial charge in [0.2, 0.25) is 0 Å². The highest BCUT2D eigenvalue weighted by Crippen LogP contribution is 2.14. The third kappa shape index (κ3) is 4.83. The summed E-state index contributed by atoms with van der Waals surface area (Å²) >= 11 is 6.06. The second-order valence-electron chi connectivity index (χ2n) is 5.48. The van der Waals surface area contributed by atoms with Crippen molar-refractivity contribution in [2.24, 2.45) is 0 Å². The van der Waals surface area contributed by atoms with Gasteiger partial charge < -0.3 is 10.6 Å². The van der Waals surface area contributed by atoms with Gasteiger partial charge in [0.15, 0.2) is 0 Å². The molecule has 2 aromatic carbocycles. The zero-order valence-corrected chi connectivity index (χ0v) is 13.9. The van der Waals surface area contributed by atoms with Gasteiger partial charge in [-0.15, -0.1) is 0 Å². The van der Waals surface area contributed by atoms with Crippen molar-refractivity contribution in [2.75, 3.05) is 0 Å². The first-order valence-electron chi connectivity index (χ1n) is 7.40. The van der Waals surface area contributed by atoms with Gasteiger partial charge in [-0.2, -0.15) is 0 Å². The third-order valence-corrected chi connectivity index (χ3v) is 3.57. The fraction of sp³-hybridized carbons (Fsp3) is 0.222. The Morgan fingerprint density at radius 1 is 1.00 bits per heavy atom. The molecule has 4 nitrogen and oxygen atoms in total. The fourth-order valence-corrected chi connectivity index (χ4v) is 2.27. The van der Waals surface area contributed by atoms with E-state index in [1.54, 1.807) is 30.3 Å². The lowest BCUT2D eigenvalue weighted by molar-refractivity contribution is 0.0943. The Bertz CT molecular complexity index is 714. The Kier molecular flexibility index (Phi) is 5.77. The van der Waals surface area contributed by atoms with Gasteiger partial charge in [-0.3, -0.25) is 9.59 Å². The van der Waals surface area contributed by atoms with Crippen molar-refractivity contribution < 1.29 is 9.59 Å². The van der Waals surface area contributed by atoms with Gasteiger partial charge in [0.05, 0.1) is 0 Å². The van der Waals surface area contributed by atoms with Gasteiger partial charge in [0.1, 0.15) is 0 Å². The highest BCUT2D eigenvalue weighted by atomic mass is 35.5. The Hall–Kier alpha value is -2.33. The lowest BCUT2D eigenvalue weighted by atomic mass is 10.1. The van der Waals surface area contributed by atoms with E-state index in [1.165, 1.54) is 0 Å². The van der Waals surface area contributed by atoms with Crippen molar-refractivity contribution in [3.05, 3.63) is 70.2 Å². The summed E-state index contributed by atoms with van der Waals surface area (Å²) in [6, 6.07) is 14.0. The molecule has 23 heavy (non-hydrogen) atoms. The van der Waals surface area contributed by atoms with Crippen LogP contribution in [0, 0.1) is 0 Å². The Balaban J connectivity index is 2.05. The Morgan fingerprint density at radius 3 is 2.30 bits per heavy atom. The first-order valence-corrected chi connectivity index (χ1v) is 7.77. The zero-order chi connectivity index (χ0) is 16.8. The average Bonchev–Trinajstić information content (AvgIpc) is 2.53. The summed E-state index contributed by atoms with van der Waals surface area (Å²) < 4.78 is 0. The van der Waals surface area contributed by atoms with Crippen molar-refractivity contribution >= 4 is 23.4 Å². The molecule has 0 spiro atoms. The minimum absolute atomic E-state index is 0.0419. The molecule has 2 N–H and O–H groups in total. The molecule has 2 rings (SSSR count). The minimum atomic E-state index is -0.246. The monoisotopic (exact) mass is 330 g/mol. The van der Waals surface area contributed by atoms with Gasteiger partial charge >= 0.3 is 0 Å². The summed E-state index contributed by atoms with van der Waals surface area (Å²) in [5.41, 5.74) is 1.74. The normalized spacial score (nSPS) is 10.4. The topological polar surface area (TPSA) is 58.2 Å². The molecule has 0 aliphatic rings. The van der Waals surface area contributed by atoms with Crippen molar-refractivity contribution in [2.45, 2.75) is 26.4 Å². The molecule has 2 amide bonds. The van der Waals surface area contributed by atoms with Crippen LogP contribution in [0.1, 0.15) is 40.1 Å². The number of nitrogens with one attached hydrogen (secondary N) is 2. The first-order chi connectivity index (χ1) is 11.0. The number of hydrogen-bond acceptors (Lipinski definition) is 2. The van der Waals surface area contributed by atoms with Crippen molar-refractivity contribution in [3.63, 3.8) is 0 Å². The Labute approximate surface area is 140 Å². The van der Waals surface area contributed by atoms with Crippen LogP contribution in [0.5, 0.6) is 0 Å². The largest absolute Gasteiger partial charge is 0.350 e. The number of rotatable bonds is 5. The van der Waals surface area contributed by atoms with Crippen molar-refractivity contribution in [1.29, 1.82) is 0 Å². The molecule has 0 bridgehead atoms. The molecule has 0 aromatic heterocycles. The second-order valence-corrected chi connectivity index (χ2v) is 5.89. The standard InChI is InChI=1S/C18H19ClN2O2/c1-12(2)21-18(23)14-8-5-7-13(10-14)17(22)20-11-15-6-3-4-9-16(15)19/h3-10,12H,11H2,1-2H3,(H,20,22)(H,21,23). The molecule has 120 valence electrons. The van der Waals surface area contributed by atoms with Crippen LogP contribution >= 0.6 is 11.6 Å². The summed E-state index contributed by atoms with van der Waals surface area (Å²) in [7, 11) is 0. The predicted octanol–water partition coefficient (Wildman–Crippen LogP) is 3.41. The molecule has 0 heterocycles.